The zero-order valence-corrected chi connectivity index (χ0v) is 20.9. The predicted octanol–water partition coefficient (Wildman–Crippen LogP) is 3.52. The lowest BCUT2D eigenvalue weighted by Crippen LogP contribution is -2.49. The van der Waals surface area contributed by atoms with Crippen LogP contribution in [0.2, 0.25) is 0 Å². The molecule has 11 heteroatoms. The highest BCUT2D eigenvalue weighted by atomic mass is 79.9. The molecule has 2 N–H and O–H groups in total. The molecule has 7 nitrogen and oxygen atoms in total. The first-order valence-corrected chi connectivity index (χ1v) is 11.5. The minimum absolute atomic E-state index is 0. The van der Waals surface area contributed by atoms with Crippen molar-refractivity contribution in [3.63, 3.8) is 0 Å². The van der Waals surface area contributed by atoms with Crippen LogP contribution >= 0.6 is 29.4 Å². The summed E-state index contributed by atoms with van der Waals surface area (Å²) in [6.45, 7) is 5.58. The second kappa shape index (κ2) is 10.3. The molecular formula is C19H28BrFN2O5S2. The Kier molecular flexibility index (Phi) is 9.84. The normalized spacial score (nSPS) is 15.7. The molecule has 1 aromatic carbocycles. The van der Waals surface area contributed by atoms with Crippen molar-refractivity contribution in [2.45, 2.75) is 56.4 Å². The standard InChI is InChI=1S/C19H26BrFN2O5S.H2S/c1-17(2,3)28-16(25)23-18(4,14-10-13(20)6-7-15(14)21)8-9-19(11-22,12-24)29(5,26)27;/h6-7,10,24H,8-9,12H2,1-5H3,(H,23,25);1H2/t18-,19?;/m0./s1. The highest BCUT2D eigenvalue weighted by molar-refractivity contribution is 9.10. The Bertz CT molecular complexity index is 914. The molecule has 0 saturated carbocycles. The van der Waals surface area contributed by atoms with E-state index in [1.807, 2.05) is 0 Å². The largest absolute Gasteiger partial charge is 0.444 e. The third-order valence-electron chi connectivity index (χ3n) is 4.50. The van der Waals surface area contributed by atoms with E-state index >= 15 is 0 Å². The lowest BCUT2D eigenvalue weighted by Gasteiger charge is -2.35. The molecule has 0 heterocycles. The lowest BCUT2D eigenvalue weighted by atomic mass is 9.84. The topological polar surface area (TPSA) is 116 Å². The number of nitriles is 1. The van der Waals surface area contributed by atoms with Gasteiger partial charge in [0.05, 0.1) is 18.2 Å². The van der Waals surface area contributed by atoms with E-state index in [2.05, 4.69) is 21.2 Å². The van der Waals surface area contributed by atoms with Crippen molar-refractivity contribution in [1.29, 1.82) is 5.26 Å². The molecular weight excluding hydrogens is 499 g/mol. The van der Waals surface area contributed by atoms with Gasteiger partial charge < -0.3 is 15.2 Å². The van der Waals surface area contributed by atoms with E-state index in [0.717, 1.165) is 6.26 Å². The van der Waals surface area contributed by atoms with E-state index in [4.69, 9.17) is 4.74 Å². The van der Waals surface area contributed by atoms with Crippen LogP contribution in [-0.2, 0) is 20.1 Å². The maximum Gasteiger partial charge on any atom is 0.408 e. The first-order valence-electron chi connectivity index (χ1n) is 8.77. The summed E-state index contributed by atoms with van der Waals surface area (Å²) < 4.78 is 42.6. The SMILES string of the molecule is CC(C)(C)OC(=O)N[C@@](C)(CCC(C#N)(CO)S(C)(=O)=O)c1cc(Br)ccc1F.S. The van der Waals surface area contributed by atoms with E-state index in [-0.39, 0.29) is 31.9 Å². The Hall–Kier alpha value is -1.35. The van der Waals surface area contributed by atoms with E-state index in [0.29, 0.717) is 4.47 Å². The van der Waals surface area contributed by atoms with E-state index in [1.165, 1.54) is 25.1 Å². The number of aliphatic hydroxyl groups is 1. The number of sulfone groups is 1. The molecule has 1 aromatic rings. The quantitative estimate of drug-likeness (QED) is 0.561. The highest BCUT2D eigenvalue weighted by Crippen LogP contribution is 2.35. The van der Waals surface area contributed by atoms with Crippen LogP contribution in [0.1, 0.15) is 46.1 Å². The summed E-state index contributed by atoms with van der Waals surface area (Å²) in [5.41, 5.74) is -2.15. The Morgan fingerprint density at radius 2 is 1.87 bits per heavy atom. The number of carbonyl (C=O) groups excluding carboxylic acids is 1. The number of halogens is 2. The number of benzene rings is 1. The Labute approximate surface area is 192 Å². The summed E-state index contributed by atoms with van der Waals surface area (Å²) in [5.74, 6) is -0.627. The summed E-state index contributed by atoms with van der Waals surface area (Å²) >= 11 is 3.25. The van der Waals surface area contributed by atoms with E-state index in [9.17, 15) is 28.0 Å². The molecule has 0 aromatic heterocycles. The fourth-order valence-electron chi connectivity index (χ4n) is 2.72. The number of hydrogen-bond acceptors (Lipinski definition) is 6. The minimum atomic E-state index is -3.96. The van der Waals surface area contributed by atoms with Gasteiger partial charge in [-0.05, 0) is 58.7 Å². The summed E-state index contributed by atoms with van der Waals surface area (Å²) in [6, 6.07) is 5.81. The first-order chi connectivity index (χ1) is 13.1. The minimum Gasteiger partial charge on any atom is -0.444 e. The number of alkyl carbamates (subject to hydrolysis) is 1. The summed E-state index contributed by atoms with van der Waals surface area (Å²) in [7, 11) is -3.96. The predicted molar refractivity (Wildman–Crippen MR) is 121 cm³/mol. The van der Waals surface area contributed by atoms with Crippen LogP contribution < -0.4 is 5.32 Å². The molecule has 0 fully saturated rings. The van der Waals surface area contributed by atoms with Gasteiger partial charge in [-0.25, -0.2) is 17.6 Å². The Balaban J connectivity index is 0.00000841. The zero-order valence-electron chi connectivity index (χ0n) is 17.5. The fourth-order valence-corrected chi connectivity index (χ4v) is 3.96. The van der Waals surface area contributed by atoms with Crippen LogP contribution in [0.15, 0.2) is 22.7 Å². The Morgan fingerprint density at radius 3 is 2.30 bits per heavy atom. The number of nitrogens with one attached hydrogen (secondary N) is 1. The average molecular weight is 527 g/mol. The molecule has 2 atom stereocenters. The Morgan fingerprint density at radius 1 is 1.30 bits per heavy atom. The van der Waals surface area contributed by atoms with Crippen molar-refractivity contribution in [3.05, 3.63) is 34.1 Å². The van der Waals surface area contributed by atoms with Crippen molar-refractivity contribution in [2.75, 3.05) is 12.9 Å². The smallest absolute Gasteiger partial charge is 0.408 e. The van der Waals surface area contributed by atoms with Gasteiger partial charge in [-0.1, -0.05) is 15.9 Å². The molecule has 170 valence electrons. The molecule has 1 rings (SSSR count). The van der Waals surface area contributed by atoms with Gasteiger partial charge in [-0.15, -0.1) is 0 Å². The van der Waals surface area contributed by atoms with Crippen molar-refractivity contribution < 1.29 is 27.4 Å². The van der Waals surface area contributed by atoms with Crippen LogP contribution in [-0.4, -0.2) is 42.8 Å². The molecule has 0 radical (unpaired) electrons. The molecule has 1 amide bonds. The fraction of sp³-hybridized carbons (Fsp3) is 0.579. The van der Waals surface area contributed by atoms with Crippen LogP contribution in [0.25, 0.3) is 0 Å². The van der Waals surface area contributed by atoms with Crippen molar-refractivity contribution >= 4 is 45.4 Å². The van der Waals surface area contributed by atoms with Gasteiger partial charge in [-0.3, -0.25) is 0 Å². The maximum atomic E-state index is 14.6. The highest BCUT2D eigenvalue weighted by Gasteiger charge is 2.44. The average Bonchev–Trinajstić information content (AvgIpc) is 2.55. The molecule has 0 aliphatic carbocycles. The van der Waals surface area contributed by atoms with Gasteiger partial charge in [0, 0.05) is 16.3 Å². The van der Waals surface area contributed by atoms with E-state index < -0.39 is 44.2 Å². The van der Waals surface area contributed by atoms with Gasteiger partial charge in [0.15, 0.2) is 14.6 Å². The number of ether oxygens (including phenoxy) is 1. The number of nitrogens with zero attached hydrogens (tertiary/aromatic N) is 1. The van der Waals surface area contributed by atoms with Gasteiger partial charge in [-0.2, -0.15) is 18.8 Å². The maximum absolute atomic E-state index is 14.6. The van der Waals surface area contributed by atoms with Crippen molar-refractivity contribution in [3.8, 4) is 6.07 Å². The summed E-state index contributed by atoms with van der Waals surface area (Å²) in [5, 5.41) is 21.6. The molecule has 1 unspecified atom stereocenters. The van der Waals surface area contributed by atoms with Crippen LogP contribution in [0.3, 0.4) is 0 Å². The van der Waals surface area contributed by atoms with Crippen LogP contribution in [0, 0.1) is 17.1 Å². The number of hydrogen-bond donors (Lipinski definition) is 2. The van der Waals surface area contributed by atoms with Crippen molar-refractivity contribution in [2.24, 2.45) is 0 Å². The molecule has 30 heavy (non-hydrogen) atoms. The number of carbonyl (C=O) groups is 1. The number of rotatable bonds is 7. The molecule has 0 aliphatic heterocycles. The second-order valence-electron chi connectivity index (χ2n) is 8.12. The van der Waals surface area contributed by atoms with E-state index in [1.54, 1.807) is 26.8 Å². The third-order valence-corrected chi connectivity index (χ3v) is 6.83. The summed E-state index contributed by atoms with van der Waals surface area (Å²) in [6.07, 6.45) is -0.465. The van der Waals surface area contributed by atoms with Gasteiger partial charge in [0.25, 0.3) is 0 Å². The zero-order chi connectivity index (χ0) is 22.7. The molecule has 0 bridgehead atoms. The second-order valence-corrected chi connectivity index (χ2v) is 11.4. The molecule has 0 spiro atoms. The molecule has 0 saturated heterocycles. The van der Waals surface area contributed by atoms with Gasteiger partial charge in [0.2, 0.25) is 0 Å². The summed E-state index contributed by atoms with van der Waals surface area (Å²) in [4.78, 5) is 12.4. The lowest BCUT2D eigenvalue weighted by molar-refractivity contribution is 0.0450. The van der Waals surface area contributed by atoms with Gasteiger partial charge in [0.1, 0.15) is 11.4 Å². The van der Waals surface area contributed by atoms with Crippen molar-refractivity contribution in [1.82, 2.24) is 5.32 Å². The van der Waals surface area contributed by atoms with Crippen LogP contribution in [0.4, 0.5) is 9.18 Å². The number of amides is 1. The third kappa shape index (κ3) is 7.11. The monoisotopic (exact) mass is 526 g/mol. The molecule has 0 aliphatic rings. The van der Waals surface area contributed by atoms with Crippen LogP contribution in [0.5, 0.6) is 0 Å². The first kappa shape index (κ1) is 28.6. The number of aliphatic hydroxyl groups excluding tert-OH is 1. The van der Waals surface area contributed by atoms with Gasteiger partial charge >= 0.3 is 6.09 Å².